The Morgan fingerprint density at radius 3 is 1.88 bits per heavy atom. The van der Waals surface area contributed by atoms with Crippen LogP contribution in [0.4, 0.5) is 4.39 Å². The van der Waals surface area contributed by atoms with Gasteiger partial charge in [0.2, 0.25) is 5.91 Å². The minimum Gasteiger partial charge on any atom is -0.369 e. The average Bonchev–Trinajstić information content (AvgIpc) is 3.08. The third-order valence-corrected chi connectivity index (χ3v) is 8.29. The van der Waals surface area contributed by atoms with E-state index in [0.717, 1.165) is 29.5 Å². The summed E-state index contributed by atoms with van der Waals surface area (Å²) in [6.45, 7) is 0. The van der Waals surface area contributed by atoms with Gasteiger partial charge in [-0.05, 0) is 73.1 Å². The van der Waals surface area contributed by atoms with E-state index in [0.29, 0.717) is 29.3 Å². The summed E-state index contributed by atoms with van der Waals surface area (Å²) in [5, 5.41) is 1.40. The molecular weight excluding hydrogens is 470 g/mol. The van der Waals surface area contributed by atoms with E-state index in [1.165, 1.54) is 12.1 Å². The molecule has 5 rings (SSSR count). The van der Waals surface area contributed by atoms with Crippen LogP contribution < -0.4 is 5.73 Å². The summed E-state index contributed by atoms with van der Waals surface area (Å²) in [5.74, 6) is -0.561. The maximum atomic E-state index is 13.5. The zero-order chi connectivity index (χ0) is 23.9. The highest BCUT2D eigenvalue weighted by molar-refractivity contribution is 6.32. The number of rotatable bonds is 6. The van der Waals surface area contributed by atoms with Crippen molar-refractivity contribution < 1.29 is 9.18 Å². The summed E-state index contributed by atoms with van der Waals surface area (Å²) < 4.78 is 13.5. The van der Waals surface area contributed by atoms with E-state index in [9.17, 15) is 9.18 Å². The second-order valence-electron chi connectivity index (χ2n) is 9.63. The van der Waals surface area contributed by atoms with Crippen LogP contribution in [-0.4, -0.2) is 22.9 Å². The van der Waals surface area contributed by atoms with Gasteiger partial charge < -0.3 is 5.73 Å². The van der Waals surface area contributed by atoms with Gasteiger partial charge in [0.05, 0.1) is 11.5 Å². The first-order valence-corrected chi connectivity index (χ1v) is 12.4. The Bertz CT molecular complexity index is 1140. The van der Waals surface area contributed by atoms with Crippen LogP contribution in [0.3, 0.4) is 0 Å². The number of fused-ring (bicyclic) bond motifs is 2. The molecular formula is C28H27Cl2FN2O. The first kappa shape index (κ1) is 23.3. The van der Waals surface area contributed by atoms with Crippen LogP contribution in [0.2, 0.25) is 10.0 Å². The minimum atomic E-state index is -0.661. The molecule has 2 saturated heterocycles. The molecule has 3 aromatic rings. The fourth-order valence-electron chi connectivity index (χ4n) is 6.11. The van der Waals surface area contributed by atoms with Crippen molar-refractivity contribution in [3.8, 4) is 0 Å². The highest BCUT2D eigenvalue weighted by Crippen LogP contribution is 2.52. The number of nitrogens with zero attached hydrogens (tertiary/aromatic N) is 1. The van der Waals surface area contributed by atoms with Gasteiger partial charge in [-0.2, -0.15) is 0 Å². The average molecular weight is 497 g/mol. The highest BCUT2D eigenvalue weighted by Gasteiger charge is 2.53. The van der Waals surface area contributed by atoms with E-state index < -0.39 is 5.41 Å². The molecule has 2 aliphatic heterocycles. The number of hydrogen-bond donors (Lipinski definition) is 1. The molecule has 3 nitrogen and oxygen atoms in total. The van der Waals surface area contributed by atoms with E-state index in [2.05, 4.69) is 17.0 Å². The van der Waals surface area contributed by atoms with Crippen LogP contribution in [0.5, 0.6) is 0 Å². The molecule has 0 aromatic heterocycles. The highest BCUT2D eigenvalue weighted by atomic mass is 35.5. The van der Waals surface area contributed by atoms with Crippen LogP contribution in [0.25, 0.3) is 0 Å². The van der Waals surface area contributed by atoms with E-state index in [1.807, 2.05) is 36.4 Å². The van der Waals surface area contributed by atoms with Gasteiger partial charge in [-0.15, -0.1) is 0 Å². The maximum absolute atomic E-state index is 13.5. The molecule has 2 bridgehead atoms. The number of amides is 1. The number of hydrogen-bond acceptors (Lipinski definition) is 2. The van der Waals surface area contributed by atoms with Crippen LogP contribution in [0, 0.1) is 11.2 Å². The predicted octanol–water partition coefficient (Wildman–Crippen LogP) is 6.56. The van der Waals surface area contributed by atoms with Crippen molar-refractivity contribution in [1.82, 2.24) is 4.90 Å². The lowest BCUT2D eigenvalue weighted by atomic mass is 9.69. The molecule has 2 aliphatic rings. The number of halogens is 3. The molecule has 1 unspecified atom stereocenters. The van der Waals surface area contributed by atoms with Gasteiger partial charge in [0.25, 0.3) is 0 Å². The topological polar surface area (TPSA) is 46.3 Å². The van der Waals surface area contributed by atoms with Gasteiger partial charge in [0, 0.05) is 22.1 Å². The summed E-state index contributed by atoms with van der Waals surface area (Å²) in [6, 6.07) is 22.4. The Morgan fingerprint density at radius 1 is 0.912 bits per heavy atom. The monoisotopic (exact) mass is 496 g/mol. The number of benzene rings is 3. The third-order valence-electron chi connectivity index (χ3n) is 7.61. The molecule has 1 amide bonds. The zero-order valence-corrected chi connectivity index (χ0v) is 20.3. The number of carbonyl (C=O) groups is 1. The quantitative estimate of drug-likeness (QED) is 0.419. The Kier molecular flexibility index (Phi) is 6.41. The lowest BCUT2D eigenvalue weighted by Crippen LogP contribution is -2.54. The van der Waals surface area contributed by atoms with Gasteiger partial charge in [-0.3, -0.25) is 9.69 Å². The summed E-state index contributed by atoms with van der Waals surface area (Å²) in [6.07, 6.45) is 3.79. The van der Waals surface area contributed by atoms with E-state index in [4.69, 9.17) is 28.9 Å². The van der Waals surface area contributed by atoms with Crippen LogP contribution in [-0.2, 0) is 11.2 Å². The lowest BCUT2D eigenvalue weighted by molar-refractivity contribution is -0.133. The Labute approximate surface area is 209 Å². The number of nitrogens with two attached hydrogens (primary N) is 1. The lowest BCUT2D eigenvalue weighted by Gasteiger charge is -2.48. The second-order valence-corrected chi connectivity index (χ2v) is 10.4. The fourth-order valence-corrected chi connectivity index (χ4v) is 6.59. The summed E-state index contributed by atoms with van der Waals surface area (Å²) in [4.78, 5) is 15.4. The standard InChI is InChI=1S/C28H27Cl2FN2O/c29-24-7-3-1-5-22(24)26(23-6-2-4-8-25(23)30)33-20-13-14-21(33)17-28(16-20,27(32)34)15-18-9-11-19(31)12-10-18/h1-12,20-21,26H,13-17H2,(H2,32,34)/t20-,21+,28?. The second kappa shape index (κ2) is 9.33. The van der Waals surface area contributed by atoms with E-state index in [-0.39, 0.29) is 29.8 Å². The van der Waals surface area contributed by atoms with E-state index in [1.54, 1.807) is 12.1 Å². The molecule has 2 fully saturated rings. The molecule has 176 valence electrons. The van der Waals surface area contributed by atoms with Gasteiger partial charge in [-0.1, -0.05) is 71.7 Å². The molecule has 2 heterocycles. The van der Waals surface area contributed by atoms with Gasteiger partial charge >= 0.3 is 0 Å². The van der Waals surface area contributed by atoms with Crippen LogP contribution in [0.15, 0.2) is 72.8 Å². The largest absolute Gasteiger partial charge is 0.369 e. The number of primary amides is 1. The first-order valence-electron chi connectivity index (χ1n) is 11.7. The van der Waals surface area contributed by atoms with Crippen molar-refractivity contribution in [3.05, 3.63) is 105 Å². The van der Waals surface area contributed by atoms with E-state index >= 15 is 0 Å². The summed E-state index contributed by atoms with van der Waals surface area (Å²) in [7, 11) is 0. The smallest absolute Gasteiger partial charge is 0.224 e. The maximum Gasteiger partial charge on any atom is 0.224 e. The van der Waals surface area contributed by atoms with Crippen LogP contribution >= 0.6 is 23.2 Å². The normalized spacial score (nSPS) is 24.5. The minimum absolute atomic E-state index is 0.114. The molecule has 0 saturated carbocycles. The molecule has 6 heteroatoms. The Balaban J connectivity index is 1.53. The van der Waals surface area contributed by atoms with Crippen molar-refractivity contribution >= 4 is 29.1 Å². The first-order chi connectivity index (χ1) is 16.4. The Morgan fingerprint density at radius 2 is 1.41 bits per heavy atom. The molecule has 0 radical (unpaired) electrons. The zero-order valence-electron chi connectivity index (χ0n) is 18.8. The molecule has 3 aromatic carbocycles. The molecule has 0 aliphatic carbocycles. The molecule has 2 N–H and O–H groups in total. The van der Waals surface area contributed by atoms with Crippen molar-refractivity contribution in [3.63, 3.8) is 0 Å². The number of piperidine rings is 1. The summed E-state index contributed by atoms with van der Waals surface area (Å²) in [5.41, 5.74) is 8.35. The Hall–Kier alpha value is -2.40. The van der Waals surface area contributed by atoms with Gasteiger partial charge in [0.1, 0.15) is 5.82 Å². The fraction of sp³-hybridized carbons (Fsp3) is 0.321. The van der Waals surface area contributed by atoms with Crippen molar-refractivity contribution in [2.75, 3.05) is 0 Å². The van der Waals surface area contributed by atoms with Crippen LogP contribution in [0.1, 0.15) is 48.4 Å². The van der Waals surface area contributed by atoms with Crippen molar-refractivity contribution in [1.29, 1.82) is 0 Å². The number of carbonyl (C=O) groups excluding carboxylic acids is 1. The molecule has 0 spiro atoms. The third kappa shape index (κ3) is 4.24. The van der Waals surface area contributed by atoms with Crippen molar-refractivity contribution in [2.24, 2.45) is 11.1 Å². The summed E-state index contributed by atoms with van der Waals surface area (Å²) >= 11 is 13.4. The van der Waals surface area contributed by atoms with Gasteiger partial charge in [0.15, 0.2) is 0 Å². The molecule has 3 atom stereocenters. The predicted molar refractivity (Wildman–Crippen MR) is 134 cm³/mol. The van der Waals surface area contributed by atoms with Crippen molar-refractivity contribution in [2.45, 2.75) is 50.2 Å². The SMILES string of the molecule is NC(=O)C1(Cc2ccc(F)cc2)C[C@H]2CC[C@@H](C1)N2C(c1ccccc1Cl)c1ccccc1Cl. The molecule has 34 heavy (non-hydrogen) atoms. The van der Waals surface area contributed by atoms with Gasteiger partial charge in [-0.25, -0.2) is 4.39 Å².